The summed E-state index contributed by atoms with van der Waals surface area (Å²) in [6.07, 6.45) is 0.520. The van der Waals surface area contributed by atoms with Gasteiger partial charge in [-0.1, -0.05) is 12.1 Å². The Balaban J connectivity index is 1.92. The average Bonchev–Trinajstić information content (AvgIpc) is 2.87. The lowest BCUT2D eigenvalue weighted by molar-refractivity contribution is -0.538. The van der Waals surface area contributed by atoms with E-state index in [9.17, 15) is 15.2 Å². The second kappa shape index (κ2) is 3.34. The van der Waals surface area contributed by atoms with Gasteiger partial charge in [-0.3, -0.25) is 20.0 Å². The Morgan fingerprint density at radius 2 is 2.12 bits per heavy atom. The Morgan fingerprint density at radius 3 is 2.71 bits per heavy atom. The van der Waals surface area contributed by atoms with Crippen LogP contribution in [0.5, 0.6) is 5.75 Å². The SMILES string of the molecule is O=[N+]([O-])[C@H]1CN2N=CN1[C@@H]2c1ccc(O)cc1. The van der Waals surface area contributed by atoms with Gasteiger partial charge in [0.05, 0.1) is 0 Å². The molecule has 0 spiro atoms. The van der Waals surface area contributed by atoms with Gasteiger partial charge in [0.1, 0.15) is 18.6 Å². The number of benzene rings is 1. The van der Waals surface area contributed by atoms with Gasteiger partial charge in [0.2, 0.25) is 0 Å². The van der Waals surface area contributed by atoms with Gasteiger partial charge in [0.15, 0.2) is 6.17 Å². The lowest BCUT2D eigenvalue weighted by atomic mass is 10.1. The van der Waals surface area contributed by atoms with Gasteiger partial charge in [0, 0.05) is 4.92 Å². The summed E-state index contributed by atoms with van der Waals surface area (Å²) in [6, 6.07) is 6.63. The van der Waals surface area contributed by atoms with Crippen molar-refractivity contribution in [1.29, 1.82) is 0 Å². The molecule has 2 heterocycles. The normalized spacial score (nSPS) is 25.6. The Hall–Kier alpha value is -2.31. The zero-order valence-electron chi connectivity index (χ0n) is 8.80. The number of hydrazone groups is 1. The van der Waals surface area contributed by atoms with Crippen LogP contribution in [0.15, 0.2) is 29.4 Å². The molecule has 1 saturated heterocycles. The van der Waals surface area contributed by atoms with Gasteiger partial charge in [0.25, 0.3) is 0 Å². The molecule has 2 aliphatic heterocycles. The van der Waals surface area contributed by atoms with E-state index in [-0.39, 0.29) is 23.4 Å². The molecule has 2 aliphatic rings. The van der Waals surface area contributed by atoms with Crippen molar-refractivity contribution < 1.29 is 10.0 Å². The Morgan fingerprint density at radius 1 is 1.41 bits per heavy atom. The van der Waals surface area contributed by atoms with E-state index in [4.69, 9.17) is 0 Å². The summed E-state index contributed by atoms with van der Waals surface area (Å²) >= 11 is 0. The van der Waals surface area contributed by atoms with Crippen molar-refractivity contribution in [3.05, 3.63) is 39.9 Å². The lowest BCUT2D eigenvalue weighted by Crippen LogP contribution is -2.37. The molecule has 88 valence electrons. The van der Waals surface area contributed by atoms with Crippen LogP contribution in [0.25, 0.3) is 0 Å². The minimum Gasteiger partial charge on any atom is -0.508 e. The molecule has 1 aromatic rings. The van der Waals surface area contributed by atoms with Crippen LogP contribution in [0, 0.1) is 10.1 Å². The van der Waals surface area contributed by atoms with E-state index >= 15 is 0 Å². The van der Waals surface area contributed by atoms with Crippen molar-refractivity contribution in [1.82, 2.24) is 9.91 Å². The van der Waals surface area contributed by atoms with Crippen LogP contribution in [-0.2, 0) is 0 Å². The maximum atomic E-state index is 10.9. The van der Waals surface area contributed by atoms with Crippen LogP contribution in [-0.4, -0.2) is 39.0 Å². The molecular formula is C10H10N4O3. The maximum Gasteiger partial charge on any atom is 0.309 e. The summed E-state index contributed by atoms with van der Waals surface area (Å²) in [5.41, 5.74) is 0.879. The van der Waals surface area contributed by atoms with E-state index in [0.717, 1.165) is 5.56 Å². The number of phenolic OH excluding ortho intramolecular Hbond substituents is 1. The van der Waals surface area contributed by atoms with Gasteiger partial charge < -0.3 is 5.11 Å². The van der Waals surface area contributed by atoms with Gasteiger partial charge in [-0.25, -0.2) is 0 Å². The van der Waals surface area contributed by atoms with Crippen molar-refractivity contribution >= 4 is 6.34 Å². The first-order valence-electron chi connectivity index (χ1n) is 5.17. The molecule has 1 N–H and O–H groups in total. The second-order valence-corrected chi connectivity index (χ2v) is 4.03. The second-order valence-electron chi connectivity index (χ2n) is 4.03. The van der Waals surface area contributed by atoms with Crippen LogP contribution < -0.4 is 0 Å². The predicted molar refractivity (Wildman–Crippen MR) is 58.7 cm³/mol. The van der Waals surface area contributed by atoms with E-state index in [1.54, 1.807) is 34.2 Å². The van der Waals surface area contributed by atoms with Crippen LogP contribution in [0.3, 0.4) is 0 Å². The van der Waals surface area contributed by atoms with Crippen molar-refractivity contribution in [3.63, 3.8) is 0 Å². The monoisotopic (exact) mass is 234 g/mol. The van der Waals surface area contributed by atoms with E-state index in [0.29, 0.717) is 0 Å². The van der Waals surface area contributed by atoms with Crippen LogP contribution >= 0.6 is 0 Å². The van der Waals surface area contributed by atoms with Crippen LogP contribution in [0.2, 0.25) is 0 Å². The summed E-state index contributed by atoms with van der Waals surface area (Å²) in [7, 11) is 0. The molecule has 0 unspecified atom stereocenters. The van der Waals surface area contributed by atoms with Gasteiger partial charge >= 0.3 is 6.17 Å². The smallest absolute Gasteiger partial charge is 0.309 e. The van der Waals surface area contributed by atoms with Crippen molar-refractivity contribution in [3.8, 4) is 5.75 Å². The summed E-state index contributed by atoms with van der Waals surface area (Å²) in [4.78, 5) is 12.2. The van der Waals surface area contributed by atoms with Crippen molar-refractivity contribution in [2.45, 2.75) is 12.3 Å². The van der Waals surface area contributed by atoms with Gasteiger partial charge in [-0.2, -0.15) is 5.10 Å². The van der Waals surface area contributed by atoms with Gasteiger partial charge in [-0.05, 0) is 17.7 Å². The fraction of sp³-hybridized carbons (Fsp3) is 0.300. The number of phenols is 1. The highest BCUT2D eigenvalue weighted by Gasteiger charge is 2.48. The molecule has 0 amide bonds. The average molecular weight is 234 g/mol. The molecule has 0 radical (unpaired) electrons. The molecule has 2 bridgehead atoms. The molecule has 0 aromatic heterocycles. The van der Waals surface area contributed by atoms with E-state index in [1.165, 1.54) is 6.34 Å². The minimum absolute atomic E-state index is 0.177. The number of fused-ring (bicyclic) bond motifs is 2. The van der Waals surface area contributed by atoms with E-state index in [1.807, 2.05) is 0 Å². The number of nitro groups is 1. The number of nitrogens with zero attached hydrogens (tertiary/aromatic N) is 4. The first kappa shape index (κ1) is 9.88. The third-order valence-corrected chi connectivity index (χ3v) is 3.03. The Kier molecular flexibility index (Phi) is 1.94. The molecule has 1 fully saturated rings. The molecule has 3 rings (SSSR count). The van der Waals surface area contributed by atoms with E-state index in [2.05, 4.69) is 5.10 Å². The molecule has 1 aromatic carbocycles. The number of hydrogen-bond donors (Lipinski definition) is 1. The predicted octanol–water partition coefficient (Wildman–Crippen LogP) is 0.568. The summed E-state index contributed by atoms with van der Waals surface area (Å²) in [5.74, 6) is 0.177. The number of rotatable bonds is 2. The third kappa shape index (κ3) is 1.39. The molecule has 7 nitrogen and oxygen atoms in total. The summed E-state index contributed by atoms with van der Waals surface area (Å²) < 4.78 is 0. The maximum absolute atomic E-state index is 10.9. The van der Waals surface area contributed by atoms with Crippen LogP contribution in [0.1, 0.15) is 11.7 Å². The number of hydrogen-bond acceptors (Lipinski definition) is 6. The van der Waals surface area contributed by atoms with E-state index < -0.39 is 6.17 Å². The zero-order chi connectivity index (χ0) is 12.0. The highest BCUT2D eigenvalue weighted by atomic mass is 16.6. The van der Waals surface area contributed by atoms with Crippen molar-refractivity contribution in [2.75, 3.05) is 6.54 Å². The Labute approximate surface area is 96.7 Å². The largest absolute Gasteiger partial charge is 0.508 e. The zero-order valence-corrected chi connectivity index (χ0v) is 8.80. The summed E-state index contributed by atoms with van der Waals surface area (Å²) in [5, 5.41) is 25.8. The molecule has 0 aliphatic carbocycles. The molecule has 17 heavy (non-hydrogen) atoms. The molecular weight excluding hydrogens is 224 g/mol. The van der Waals surface area contributed by atoms with Gasteiger partial charge in [-0.15, -0.1) is 0 Å². The van der Waals surface area contributed by atoms with Crippen LogP contribution in [0.4, 0.5) is 0 Å². The quantitative estimate of drug-likeness (QED) is 0.597. The molecule has 0 saturated carbocycles. The minimum atomic E-state index is -0.744. The molecule has 2 atom stereocenters. The number of aromatic hydroxyl groups is 1. The Bertz CT molecular complexity index is 487. The first-order valence-corrected chi connectivity index (χ1v) is 5.17. The summed E-state index contributed by atoms with van der Waals surface area (Å²) in [6.45, 7) is 0.287. The standard InChI is InChI=1S/C10H10N4O3/c15-8-3-1-7(2-4-8)10-12-6-11-13(10)5-9(12)14(16)17/h1-4,6,9-10,15H,5H2/t9-,10-/m0/s1. The van der Waals surface area contributed by atoms with Crippen molar-refractivity contribution in [2.24, 2.45) is 5.10 Å². The fourth-order valence-electron chi connectivity index (χ4n) is 2.22. The third-order valence-electron chi connectivity index (χ3n) is 3.03. The lowest BCUT2D eigenvalue weighted by Gasteiger charge is -2.19. The molecule has 7 heteroatoms. The highest BCUT2D eigenvalue weighted by Crippen LogP contribution is 2.36. The highest BCUT2D eigenvalue weighted by molar-refractivity contribution is 5.59. The topological polar surface area (TPSA) is 82.2 Å². The fourth-order valence-corrected chi connectivity index (χ4v) is 2.22. The first-order chi connectivity index (χ1) is 8.16.